The van der Waals surface area contributed by atoms with E-state index in [4.69, 9.17) is 4.74 Å². The summed E-state index contributed by atoms with van der Waals surface area (Å²) in [6.45, 7) is 8.53. The predicted octanol–water partition coefficient (Wildman–Crippen LogP) is 2.96. The van der Waals surface area contributed by atoms with Gasteiger partial charge in [0.25, 0.3) is 0 Å². The standard InChI is InChI=1S/C26H37N5O/c1-27-26(31-18-16-30(17-19-31)24-8-10-25(32-2)11-9-24)28-20-23-13-15-29(21-23)14-12-22-6-4-3-5-7-22/h3-11,23H,12-21H2,1-2H3,(H,27,28). The van der Waals surface area contributed by atoms with E-state index >= 15 is 0 Å². The molecule has 0 spiro atoms. The van der Waals surface area contributed by atoms with Crippen LogP contribution in [0.5, 0.6) is 5.75 Å². The lowest BCUT2D eigenvalue weighted by atomic mass is 10.1. The van der Waals surface area contributed by atoms with E-state index < -0.39 is 0 Å². The predicted molar refractivity (Wildman–Crippen MR) is 133 cm³/mol. The largest absolute Gasteiger partial charge is 0.497 e. The van der Waals surface area contributed by atoms with Crippen molar-refractivity contribution < 1.29 is 4.74 Å². The van der Waals surface area contributed by atoms with E-state index in [9.17, 15) is 0 Å². The average Bonchev–Trinajstić information content (AvgIpc) is 3.32. The van der Waals surface area contributed by atoms with Crippen molar-refractivity contribution in [3.8, 4) is 5.75 Å². The molecule has 4 rings (SSSR count). The molecule has 0 amide bonds. The Morgan fingerprint density at radius 3 is 2.44 bits per heavy atom. The first-order valence-corrected chi connectivity index (χ1v) is 11.9. The highest BCUT2D eigenvalue weighted by molar-refractivity contribution is 5.80. The van der Waals surface area contributed by atoms with Gasteiger partial charge in [-0.25, -0.2) is 0 Å². The molecule has 6 heteroatoms. The smallest absolute Gasteiger partial charge is 0.193 e. The second-order valence-electron chi connectivity index (χ2n) is 8.79. The Bertz CT molecular complexity index is 846. The lowest BCUT2D eigenvalue weighted by Crippen LogP contribution is -2.53. The van der Waals surface area contributed by atoms with Crippen LogP contribution >= 0.6 is 0 Å². The summed E-state index contributed by atoms with van der Waals surface area (Å²) in [7, 11) is 3.61. The zero-order valence-electron chi connectivity index (χ0n) is 19.5. The molecule has 6 nitrogen and oxygen atoms in total. The highest BCUT2D eigenvalue weighted by atomic mass is 16.5. The molecule has 2 heterocycles. The fourth-order valence-corrected chi connectivity index (χ4v) is 4.75. The number of benzene rings is 2. The van der Waals surface area contributed by atoms with Gasteiger partial charge in [-0.3, -0.25) is 4.99 Å². The van der Waals surface area contributed by atoms with Crippen LogP contribution in [-0.2, 0) is 6.42 Å². The maximum atomic E-state index is 5.28. The van der Waals surface area contributed by atoms with Gasteiger partial charge in [0.2, 0.25) is 0 Å². The van der Waals surface area contributed by atoms with Crippen LogP contribution in [0.2, 0.25) is 0 Å². The average molecular weight is 436 g/mol. The molecule has 2 aliphatic rings. The fourth-order valence-electron chi connectivity index (χ4n) is 4.75. The van der Waals surface area contributed by atoms with Gasteiger partial charge in [-0.1, -0.05) is 30.3 Å². The van der Waals surface area contributed by atoms with Gasteiger partial charge in [0.05, 0.1) is 7.11 Å². The Kier molecular flexibility index (Phi) is 7.88. The van der Waals surface area contributed by atoms with Gasteiger partial charge in [-0.05, 0) is 55.1 Å². The number of piperazine rings is 1. The molecule has 0 bridgehead atoms. The minimum Gasteiger partial charge on any atom is -0.497 e. The minimum absolute atomic E-state index is 0.697. The summed E-state index contributed by atoms with van der Waals surface area (Å²) in [5.74, 6) is 2.65. The zero-order chi connectivity index (χ0) is 22.2. The normalized spacial score (nSPS) is 19.9. The van der Waals surface area contributed by atoms with Gasteiger partial charge in [0, 0.05) is 58.5 Å². The molecule has 2 fully saturated rings. The lowest BCUT2D eigenvalue weighted by molar-refractivity contribution is 0.325. The third kappa shape index (κ3) is 5.94. The summed E-state index contributed by atoms with van der Waals surface area (Å²) in [4.78, 5) is 12.0. The van der Waals surface area contributed by atoms with Gasteiger partial charge < -0.3 is 24.8 Å². The SMILES string of the molecule is CN=C(NCC1CCN(CCc2ccccc2)C1)N1CCN(c2ccc(OC)cc2)CC1. The van der Waals surface area contributed by atoms with E-state index in [2.05, 4.69) is 67.5 Å². The molecule has 2 aromatic rings. The van der Waals surface area contributed by atoms with E-state index in [1.807, 2.05) is 19.2 Å². The van der Waals surface area contributed by atoms with Crippen molar-refractivity contribution in [3.63, 3.8) is 0 Å². The molecule has 2 saturated heterocycles. The second kappa shape index (κ2) is 11.2. The first-order chi connectivity index (χ1) is 15.7. The van der Waals surface area contributed by atoms with Crippen LogP contribution < -0.4 is 15.0 Å². The zero-order valence-corrected chi connectivity index (χ0v) is 19.5. The molecule has 0 aromatic heterocycles. The number of nitrogens with zero attached hydrogens (tertiary/aromatic N) is 4. The van der Waals surface area contributed by atoms with Gasteiger partial charge in [0.15, 0.2) is 5.96 Å². The van der Waals surface area contributed by atoms with Crippen molar-refractivity contribution in [1.82, 2.24) is 15.1 Å². The molecule has 0 aliphatic carbocycles. The van der Waals surface area contributed by atoms with Crippen LogP contribution in [-0.4, -0.2) is 82.3 Å². The number of likely N-dealkylation sites (tertiary alicyclic amines) is 1. The fraction of sp³-hybridized carbons (Fsp3) is 0.500. The Balaban J connectivity index is 1.18. The number of guanidine groups is 1. The first-order valence-electron chi connectivity index (χ1n) is 11.9. The summed E-state index contributed by atoms with van der Waals surface area (Å²) in [6.07, 6.45) is 2.41. The van der Waals surface area contributed by atoms with E-state index in [1.54, 1.807) is 7.11 Å². The topological polar surface area (TPSA) is 43.3 Å². The number of hydrogen-bond donors (Lipinski definition) is 1. The van der Waals surface area contributed by atoms with Gasteiger partial charge in [0.1, 0.15) is 5.75 Å². The highest BCUT2D eigenvalue weighted by Crippen LogP contribution is 2.21. The van der Waals surface area contributed by atoms with Crippen molar-refractivity contribution in [3.05, 3.63) is 60.2 Å². The van der Waals surface area contributed by atoms with Crippen LogP contribution in [0.3, 0.4) is 0 Å². The van der Waals surface area contributed by atoms with Crippen molar-refractivity contribution in [2.75, 3.05) is 71.4 Å². The number of rotatable bonds is 7. The number of anilines is 1. The van der Waals surface area contributed by atoms with E-state index in [-0.39, 0.29) is 0 Å². The van der Waals surface area contributed by atoms with Crippen molar-refractivity contribution in [1.29, 1.82) is 0 Å². The lowest BCUT2D eigenvalue weighted by Gasteiger charge is -2.38. The monoisotopic (exact) mass is 435 g/mol. The summed E-state index contributed by atoms with van der Waals surface area (Å²) < 4.78 is 5.28. The maximum Gasteiger partial charge on any atom is 0.193 e. The quantitative estimate of drug-likeness (QED) is 0.535. The van der Waals surface area contributed by atoms with Gasteiger partial charge in [-0.15, -0.1) is 0 Å². The molecular weight excluding hydrogens is 398 g/mol. The number of ether oxygens (including phenoxy) is 1. The van der Waals surface area contributed by atoms with Crippen molar-refractivity contribution in [2.24, 2.45) is 10.9 Å². The molecular formula is C26H37N5O. The van der Waals surface area contributed by atoms with Gasteiger partial charge in [-0.2, -0.15) is 0 Å². The number of hydrogen-bond acceptors (Lipinski definition) is 4. The van der Waals surface area contributed by atoms with Crippen LogP contribution in [0.1, 0.15) is 12.0 Å². The molecule has 32 heavy (non-hydrogen) atoms. The molecule has 1 N–H and O–H groups in total. The third-order valence-corrected chi connectivity index (χ3v) is 6.71. The Morgan fingerprint density at radius 1 is 1.00 bits per heavy atom. The Hall–Kier alpha value is -2.73. The minimum atomic E-state index is 0.697. The number of methoxy groups -OCH3 is 1. The first kappa shape index (κ1) is 22.5. The third-order valence-electron chi connectivity index (χ3n) is 6.71. The van der Waals surface area contributed by atoms with E-state index in [1.165, 1.54) is 30.8 Å². The molecule has 0 saturated carbocycles. The van der Waals surface area contributed by atoms with Crippen molar-refractivity contribution in [2.45, 2.75) is 12.8 Å². The molecule has 2 aliphatic heterocycles. The van der Waals surface area contributed by atoms with Crippen LogP contribution in [0.25, 0.3) is 0 Å². The second-order valence-corrected chi connectivity index (χ2v) is 8.79. The summed E-state index contributed by atoms with van der Waals surface area (Å²) in [5.41, 5.74) is 2.69. The maximum absolute atomic E-state index is 5.28. The highest BCUT2D eigenvalue weighted by Gasteiger charge is 2.24. The Labute approximate surface area is 192 Å². The summed E-state index contributed by atoms with van der Waals surface area (Å²) >= 11 is 0. The number of nitrogens with one attached hydrogen (secondary N) is 1. The van der Waals surface area contributed by atoms with Crippen molar-refractivity contribution >= 4 is 11.6 Å². The molecule has 172 valence electrons. The van der Waals surface area contributed by atoms with Crippen LogP contribution in [0.4, 0.5) is 5.69 Å². The molecule has 1 atom stereocenters. The van der Waals surface area contributed by atoms with Gasteiger partial charge >= 0.3 is 0 Å². The van der Waals surface area contributed by atoms with E-state index in [0.717, 1.165) is 57.4 Å². The summed E-state index contributed by atoms with van der Waals surface area (Å²) in [6, 6.07) is 19.2. The van der Waals surface area contributed by atoms with Crippen LogP contribution in [0.15, 0.2) is 59.6 Å². The molecule has 2 aromatic carbocycles. The Morgan fingerprint density at radius 2 is 1.75 bits per heavy atom. The number of aliphatic imine (C=N–C) groups is 1. The molecule has 1 unspecified atom stereocenters. The van der Waals surface area contributed by atoms with E-state index in [0.29, 0.717) is 5.92 Å². The van der Waals surface area contributed by atoms with Crippen LogP contribution in [0, 0.1) is 5.92 Å². The summed E-state index contributed by atoms with van der Waals surface area (Å²) in [5, 5.41) is 3.66. The molecule has 0 radical (unpaired) electrons.